The summed E-state index contributed by atoms with van der Waals surface area (Å²) >= 11 is 3.36. The lowest BCUT2D eigenvalue weighted by molar-refractivity contribution is -0.384. The van der Waals surface area contributed by atoms with Gasteiger partial charge in [-0.05, 0) is 31.2 Å². The number of fused-ring (bicyclic) bond motifs is 1. The standard InChI is InChI=1S/C12H13BrN4O2/c13-8-2-3-10-9(6-8)12(15-5-1-4-14)11(7-16-10)17(18)19/h2-3,6-7H,1,4-5,14H2,(H,15,16). The number of halogens is 1. The molecule has 0 saturated heterocycles. The third-order valence-electron chi connectivity index (χ3n) is 2.69. The molecule has 1 heterocycles. The summed E-state index contributed by atoms with van der Waals surface area (Å²) in [6.07, 6.45) is 2.02. The molecule has 0 aliphatic rings. The number of pyridine rings is 1. The number of nitro groups is 1. The summed E-state index contributed by atoms with van der Waals surface area (Å²) in [5, 5.41) is 14.9. The van der Waals surface area contributed by atoms with Crippen LogP contribution in [0.5, 0.6) is 0 Å². The molecule has 19 heavy (non-hydrogen) atoms. The first-order valence-electron chi connectivity index (χ1n) is 5.80. The average Bonchev–Trinajstić information content (AvgIpc) is 2.38. The maximum absolute atomic E-state index is 11.1. The van der Waals surface area contributed by atoms with Crippen molar-refractivity contribution in [1.29, 1.82) is 0 Å². The third kappa shape index (κ3) is 2.99. The fraction of sp³-hybridized carbons (Fsp3) is 0.250. The lowest BCUT2D eigenvalue weighted by Crippen LogP contribution is -2.10. The van der Waals surface area contributed by atoms with Crippen LogP contribution in [0.4, 0.5) is 11.4 Å². The summed E-state index contributed by atoms with van der Waals surface area (Å²) in [6, 6.07) is 5.49. The van der Waals surface area contributed by atoms with E-state index in [0.717, 1.165) is 16.3 Å². The Kier molecular flexibility index (Phi) is 4.28. The molecule has 0 spiro atoms. The van der Waals surface area contributed by atoms with E-state index in [1.54, 1.807) is 0 Å². The second-order valence-electron chi connectivity index (χ2n) is 4.01. The summed E-state index contributed by atoms with van der Waals surface area (Å²) in [7, 11) is 0. The highest BCUT2D eigenvalue weighted by Gasteiger charge is 2.17. The number of aromatic nitrogens is 1. The Labute approximate surface area is 118 Å². The highest BCUT2D eigenvalue weighted by atomic mass is 79.9. The molecule has 1 aromatic carbocycles. The highest BCUT2D eigenvalue weighted by molar-refractivity contribution is 9.10. The number of nitrogens with one attached hydrogen (secondary N) is 1. The van der Waals surface area contributed by atoms with E-state index in [-0.39, 0.29) is 5.69 Å². The zero-order valence-corrected chi connectivity index (χ0v) is 11.7. The first kappa shape index (κ1) is 13.7. The van der Waals surface area contributed by atoms with Crippen LogP contribution in [-0.4, -0.2) is 23.0 Å². The summed E-state index contributed by atoms with van der Waals surface area (Å²) < 4.78 is 0.851. The molecule has 0 radical (unpaired) electrons. The third-order valence-corrected chi connectivity index (χ3v) is 3.18. The lowest BCUT2D eigenvalue weighted by atomic mass is 10.1. The molecule has 2 rings (SSSR count). The normalized spacial score (nSPS) is 10.6. The summed E-state index contributed by atoms with van der Waals surface area (Å²) in [4.78, 5) is 14.7. The van der Waals surface area contributed by atoms with Crippen LogP contribution in [0.2, 0.25) is 0 Å². The van der Waals surface area contributed by atoms with Crippen molar-refractivity contribution in [3.8, 4) is 0 Å². The smallest absolute Gasteiger partial charge is 0.311 e. The maximum atomic E-state index is 11.1. The highest BCUT2D eigenvalue weighted by Crippen LogP contribution is 2.32. The van der Waals surface area contributed by atoms with Crippen LogP contribution in [0.15, 0.2) is 28.9 Å². The number of rotatable bonds is 5. The zero-order valence-electron chi connectivity index (χ0n) is 10.1. The molecular weight excluding hydrogens is 312 g/mol. The van der Waals surface area contributed by atoms with Crippen molar-refractivity contribution in [2.24, 2.45) is 5.73 Å². The molecule has 1 aromatic heterocycles. The van der Waals surface area contributed by atoms with Gasteiger partial charge in [0.15, 0.2) is 0 Å². The largest absolute Gasteiger partial charge is 0.379 e. The van der Waals surface area contributed by atoms with E-state index in [4.69, 9.17) is 5.73 Å². The minimum atomic E-state index is -0.432. The first-order valence-corrected chi connectivity index (χ1v) is 6.59. The molecule has 6 nitrogen and oxygen atoms in total. The molecule has 0 amide bonds. The number of anilines is 1. The van der Waals surface area contributed by atoms with Gasteiger partial charge >= 0.3 is 5.69 Å². The van der Waals surface area contributed by atoms with E-state index in [0.29, 0.717) is 24.3 Å². The molecule has 3 N–H and O–H groups in total. The monoisotopic (exact) mass is 324 g/mol. The van der Waals surface area contributed by atoms with Gasteiger partial charge in [-0.3, -0.25) is 10.1 Å². The predicted molar refractivity (Wildman–Crippen MR) is 78.3 cm³/mol. The molecular formula is C12H13BrN4O2. The number of hydrogen-bond acceptors (Lipinski definition) is 5. The molecule has 0 aliphatic carbocycles. The first-order chi connectivity index (χ1) is 9.13. The molecule has 0 atom stereocenters. The predicted octanol–water partition coefficient (Wildman–Crippen LogP) is 2.67. The fourth-order valence-corrected chi connectivity index (χ4v) is 2.16. The van der Waals surface area contributed by atoms with E-state index in [1.165, 1.54) is 6.20 Å². The Hall–Kier alpha value is -1.73. The van der Waals surface area contributed by atoms with Gasteiger partial charge in [0, 0.05) is 16.4 Å². The Balaban J connectivity index is 2.54. The topological polar surface area (TPSA) is 94.1 Å². The van der Waals surface area contributed by atoms with Gasteiger partial charge in [0.05, 0.1) is 10.4 Å². The van der Waals surface area contributed by atoms with Gasteiger partial charge in [-0.1, -0.05) is 15.9 Å². The quantitative estimate of drug-likeness (QED) is 0.501. The minimum absolute atomic E-state index is 0.0254. The molecule has 0 aliphatic heterocycles. The van der Waals surface area contributed by atoms with Gasteiger partial charge in [-0.25, -0.2) is 4.98 Å². The van der Waals surface area contributed by atoms with E-state index in [2.05, 4.69) is 26.2 Å². The lowest BCUT2D eigenvalue weighted by Gasteiger charge is -2.09. The van der Waals surface area contributed by atoms with Crippen LogP contribution in [0.25, 0.3) is 10.9 Å². The number of hydrogen-bond donors (Lipinski definition) is 2. The van der Waals surface area contributed by atoms with Gasteiger partial charge in [-0.15, -0.1) is 0 Å². The van der Waals surface area contributed by atoms with Crippen molar-refractivity contribution in [2.75, 3.05) is 18.4 Å². The van der Waals surface area contributed by atoms with Gasteiger partial charge in [-0.2, -0.15) is 0 Å². The Morgan fingerprint density at radius 2 is 2.26 bits per heavy atom. The molecule has 100 valence electrons. The molecule has 0 unspecified atom stereocenters. The number of nitrogens with zero attached hydrogens (tertiary/aromatic N) is 2. The molecule has 2 aromatic rings. The second kappa shape index (κ2) is 5.94. The van der Waals surface area contributed by atoms with Crippen molar-refractivity contribution in [1.82, 2.24) is 4.98 Å². The van der Waals surface area contributed by atoms with Gasteiger partial charge in [0.1, 0.15) is 11.9 Å². The van der Waals surface area contributed by atoms with Crippen LogP contribution in [0.1, 0.15) is 6.42 Å². The summed E-state index contributed by atoms with van der Waals surface area (Å²) in [5.74, 6) is 0. The van der Waals surface area contributed by atoms with Crippen LogP contribution >= 0.6 is 15.9 Å². The Bertz CT molecular complexity index is 618. The van der Waals surface area contributed by atoms with Crippen molar-refractivity contribution in [3.63, 3.8) is 0 Å². The molecule has 0 fully saturated rings. The van der Waals surface area contributed by atoms with Gasteiger partial charge < -0.3 is 11.1 Å². The van der Waals surface area contributed by atoms with Crippen molar-refractivity contribution >= 4 is 38.2 Å². The van der Waals surface area contributed by atoms with Gasteiger partial charge in [0.25, 0.3) is 0 Å². The second-order valence-corrected chi connectivity index (χ2v) is 4.92. The molecule has 0 saturated carbocycles. The molecule has 7 heteroatoms. The average molecular weight is 325 g/mol. The van der Waals surface area contributed by atoms with Crippen molar-refractivity contribution in [2.45, 2.75) is 6.42 Å². The SMILES string of the molecule is NCCCNc1c([N+](=O)[O-])cnc2ccc(Br)cc12. The molecule has 0 bridgehead atoms. The summed E-state index contributed by atoms with van der Waals surface area (Å²) in [5.41, 5.74) is 6.61. The van der Waals surface area contributed by atoms with E-state index >= 15 is 0 Å². The number of benzene rings is 1. The Morgan fingerprint density at radius 1 is 1.47 bits per heavy atom. The van der Waals surface area contributed by atoms with E-state index in [1.807, 2.05) is 18.2 Å². The maximum Gasteiger partial charge on any atom is 0.311 e. The van der Waals surface area contributed by atoms with Crippen molar-refractivity contribution < 1.29 is 4.92 Å². The van der Waals surface area contributed by atoms with Crippen LogP contribution < -0.4 is 11.1 Å². The fourth-order valence-electron chi connectivity index (χ4n) is 1.79. The number of nitrogens with two attached hydrogens (primary N) is 1. The van der Waals surface area contributed by atoms with Crippen LogP contribution in [-0.2, 0) is 0 Å². The zero-order chi connectivity index (χ0) is 13.8. The van der Waals surface area contributed by atoms with Crippen LogP contribution in [0, 0.1) is 10.1 Å². The summed E-state index contributed by atoms with van der Waals surface area (Å²) in [6.45, 7) is 1.12. The van der Waals surface area contributed by atoms with Gasteiger partial charge in [0.2, 0.25) is 0 Å². The van der Waals surface area contributed by atoms with E-state index < -0.39 is 4.92 Å². The van der Waals surface area contributed by atoms with Crippen molar-refractivity contribution in [3.05, 3.63) is 39.0 Å². The minimum Gasteiger partial charge on any atom is -0.379 e. The van der Waals surface area contributed by atoms with E-state index in [9.17, 15) is 10.1 Å². The Morgan fingerprint density at radius 3 is 2.95 bits per heavy atom. The van der Waals surface area contributed by atoms with Crippen LogP contribution in [0.3, 0.4) is 0 Å².